The van der Waals surface area contributed by atoms with Crippen molar-refractivity contribution in [3.8, 4) is 61.7 Å². The first-order chi connectivity index (χ1) is 24.3. The van der Waals surface area contributed by atoms with E-state index in [-0.39, 0.29) is 33.0 Å². The zero-order valence-corrected chi connectivity index (χ0v) is 28.7. The molecule has 1 rings (SSSR count). The number of rotatable bonds is 25. The van der Waals surface area contributed by atoms with Gasteiger partial charge in [-0.25, -0.2) is 19.2 Å². The van der Waals surface area contributed by atoms with E-state index in [0.29, 0.717) is 96.3 Å². The quantitative estimate of drug-likeness (QED) is 0.0427. The van der Waals surface area contributed by atoms with E-state index in [1.807, 2.05) is 0 Å². The average molecular weight is 687 g/mol. The number of aliphatic hydroxyl groups is 1. The molecule has 0 fully saturated rings. The maximum Gasteiger partial charge on any atom is 0.339 e. The highest BCUT2D eigenvalue weighted by molar-refractivity contribution is 6.23. The summed E-state index contributed by atoms with van der Waals surface area (Å²) in [5.41, 5.74) is -3.07. The number of esters is 4. The number of carbonyl (C=O) groups is 4. The summed E-state index contributed by atoms with van der Waals surface area (Å²) in [5.74, 6) is 7.02. The van der Waals surface area contributed by atoms with Crippen molar-refractivity contribution in [2.75, 3.05) is 33.0 Å². The Balaban J connectivity index is 3.85. The Labute approximate surface area is 296 Å². The van der Waals surface area contributed by atoms with Gasteiger partial charge in [0.15, 0.2) is 0 Å². The molecule has 1 N–H and O–H groups in total. The fraction of sp³-hybridized carbons (Fsp3) is 0.500. The van der Waals surface area contributed by atoms with Crippen LogP contribution in [-0.4, -0.2) is 62.0 Å². The lowest BCUT2D eigenvalue weighted by atomic mass is 10.0. The van der Waals surface area contributed by atoms with Crippen molar-refractivity contribution in [2.45, 2.75) is 96.3 Å². The van der Waals surface area contributed by atoms with Crippen LogP contribution in [0.15, 0.2) is 33.8 Å². The van der Waals surface area contributed by atoms with Gasteiger partial charge >= 0.3 is 23.9 Å². The summed E-state index contributed by atoms with van der Waals surface area (Å²) in [6.07, 6.45) is 33.4. The first kappa shape index (κ1) is 42.5. The molecule has 1 aliphatic rings. The van der Waals surface area contributed by atoms with Crippen molar-refractivity contribution < 1.29 is 48.0 Å². The van der Waals surface area contributed by atoms with Crippen LogP contribution in [0.3, 0.4) is 0 Å². The van der Waals surface area contributed by atoms with Gasteiger partial charge in [-0.1, -0.05) is 0 Å². The fourth-order valence-corrected chi connectivity index (χ4v) is 4.49. The number of hydrogen-bond acceptors (Lipinski definition) is 10. The molecule has 10 heteroatoms. The van der Waals surface area contributed by atoms with Crippen molar-refractivity contribution in [1.82, 2.24) is 0 Å². The van der Waals surface area contributed by atoms with Gasteiger partial charge in [0, 0.05) is 32.1 Å². The summed E-state index contributed by atoms with van der Waals surface area (Å²) >= 11 is 0. The molecule has 0 saturated heterocycles. The minimum atomic E-state index is -1.14. The summed E-state index contributed by atoms with van der Waals surface area (Å²) in [4.78, 5) is 55.2. The smallest absolute Gasteiger partial charge is 0.339 e. The Morgan fingerprint density at radius 1 is 0.400 bits per heavy atom. The van der Waals surface area contributed by atoms with Crippen LogP contribution in [0.5, 0.6) is 0 Å². The Morgan fingerprint density at radius 3 is 0.900 bits per heavy atom. The lowest BCUT2D eigenvalue weighted by Gasteiger charge is -2.14. The molecule has 0 amide bonds. The minimum Gasteiger partial charge on any atom is -0.481 e. The zero-order valence-electron chi connectivity index (χ0n) is 28.7. The maximum atomic E-state index is 13.8. The molecule has 266 valence electrons. The van der Waals surface area contributed by atoms with E-state index in [1.54, 1.807) is 0 Å². The molecule has 0 aromatic rings. The average Bonchev–Trinajstić information content (AvgIpc) is 3.48. The molecule has 0 spiro atoms. The van der Waals surface area contributed by atoms with Gasteiger partial charge in [-0.3, -0.25) is 0 Å². The summed E-state index contributed by atoms with van der Waals surface area (Å²) in [6.45, 7) is -0.576. The molecule has 0 radical (unpaired) electrons. The van der Waals surface area contributed by atoms with Crippen molar-refractivity contribution in [1.29, 1.82) is 0 Å². The summed E-state index contributed by atoms with van der Waals surface area (Å²) in [7, 11) is 0. The normalized spacial score (nSPS) is 11.7. The SMILES string of the molecule is C#CCCCCOC(=O)C1=C(C(=O)OCCCCC#C)C(C(=O)OCCCCC#C)=C(C(=O)OCCCCC#C)C1=C(O)OCCCCC#C. The Hall–Kier alpha value is -5.50. The van der Waals surface area contributed by atoms with Crippen LogP contribution in [0.2, 0.25) is 0 Å². The van der Waals surface area contributed by atoms with Crippen LogP contribution in [0.1, 0.15) is 96.3 Å². The van der Waals surface area contributed by atoms with E-state index in [4.69, 9.17) is 55.8 Å². The Bertz CT molecular complexity index is 1380. The van der Waals surface area contributed by atoms with Crippen molar-refractivity contribution in [2.24, 2.45) is 0 Å². The maximum absolute atomic E-state index is 13.8. The van der Waals surface area contributed by atoms with Crippen LogP contribution in [0, 0.1) is 61.7 Å². The van der Waals surface area contributed by atoms with Gasteiger partial charge in [-0.2, -0.15) is 0 Å². The van der Waals surface area contributed by atoms with Crippen LogP contribution >= 0.6 is 0 Å². The standard InChI is InChI=1S/C40H46O10/c1-6-11-16-21-26-46-36(41)31-32(37(42)47-27-22-17-12-7-2)34(39(44)49-29-24-19-14-9-4)35(40(45)50-30-25-20-15-10-5)33(31)38(43)48-28-23-18-13-8-3/h1-5,41H,11-30H2. The third-order valence-corrected chi connectivity index (χ3v) is 7.03. The molecule has 0 saturated carbocycles. The van der Waals surface area contributed by atoms with Gasteiger partial charge in [-0.05, 0) is 64.2 Å². The second kappa shape index (κ2) is 26.5. The number of hydrogen-bond donors (Lipinski definition) is 1. The number of ether oxygens (including phenoxy) is 5. The van der Waals surface area contributed by atoms with E-state index >= 15 is 0 Å². The molecule has 0 bridgehead atoms. The predicted octanol–water partition coefficient (Wildman–Crippen LogP) is 5.57. The van der Waals surface area contributed by atoms with Gasteiger partial charge in [0.25, 0.3) is 5.95 Å². The third-order valence-electron chi connectivity index (χ3n) is 7.03. The fourth-order valence-electron chi connectivity index (χ4n) is 4.49. The molecule has 0 aromatic carbocycles. The lowest BCUT2D eigenvalue weighted by Crippen LogP contribution is -2.21. The predicted molar refractivity (Wildman–Crippen MR) is 187 cm³/mol. The van der Waals surface area contributed by atoms with E-state index in [2.05, 4.69) is 29.6 Å². The zero-order chi connectivity index (χ0) is 37.0. The Morgan fingerprint density at radius 2 is 0.640 bits per heavy atom. The van der Waals surface area contributed by atoms with Crippen molar-refractivity contribution >= 4 is 23.9 Å². The summed E-state index contributed by atoms with van der Waals surface area (Å²) in [6, 6.07) is 0. The second-order valence-electron chi connectivity index (χ2n) is 10.9. The van der Waals surface area contributed by atoms with E-state index in [9.17, 15) is 24.3 Å². The lowest BCUT2D eigenvalue weighted by molar-refractivity contribution is -0.144. The number of unbranched alkanes of at least 4 members (excludes halogenated alkanes) is 10. The van der Waals surface area contributed by atoms with Gasteiger partial charge in [0.1, 0.15) is 0 Å². The third kappa shape index (κ3) is 15.2. The molecule has 10 nitrogen and oxygen atoms in total. The Kier molecular flexibility index (Phi) is 22.5. The van der Waals surface area contributed by atoms with E-state index < -0.39 is 57.7 Å². The van der Waals surface area contributed by atoms with Crippen LogP contribution in [0.4, 0.5) is 0 Å². The molecule has 1 aliphatic carbocycles. The number of aliphatic hydroxyl groups excluding tert-OH is 1. The first-order valence-corrected chi connectivity index (χ1v) is 16.7. The molecule has 0 aromatic heterocycles. The first-order valence-electron chi connectivity index (χ1n) is 16.7. The van der Waals surface area contributed by atoms with Crippen LogP contribution in [-0.2, 0) is 42.9 Å². The van der Waals surface area contributed by atoms with Crippen LogP contribution in [0.25, 0.3) is 0 Å². The highest BCUT2D eigenvalue weighted by Gasteiger charge is 2.47. The number of terminal acetylenes is 5. The summed E-state index contributed by atoms with van der Waals surface area (Å²) < 4.78 is 27.4. The molecule has 0 aliphatic heterocycles. The van der Waals surface area contributed by atoms with Crippen molar-refractivity contribution in [3.05, 3.63) is 33.8 Å². The molecule has 0 atom stereocenters. The minimum absolute atomic E-state index is 0.0796. The van der Waals surface area contributed by atoms with Gasteiger partial charge in [-0.15, -0.1) is 61.7 Å². The molecule has 50 heavy (non-hydrogen) atoms. The highest BCUT2D eigenvalue weighted by Crippen LogP contribution is 2.42. The molecule has 0 heterocycles. The molecule has 0 unspecified atom stereocenters. The van der Waals surface area contributed by atoms with Gasteiger partial charge < -0.3 is 28.8 Å². The van der Waals surface area contributed by atoms with Crippen LogP contribution < -0.4 is 0 Å². The molecular formula is C40H46O10. The monoisotopic (exact) mass is 686 g/mol. The summed E-state index contributed by atoms with van der Waals surface area (Å²) in [5, 5.41) is 11.3. The van der Waals surface area contributed by atoms with Gasteiger partial charge in [0.2, 0.25) is 0 Å². The van der Waals surface area contributed by atoms with Crippen molar-refractivity contribution in [3.63, 3.8) is 0 Å². The highest BCUT2D eigenvalue weighted by atomic mass is 16.6. The van der Waals surface area contributed by atoms with E-state index in [1.165, 1.54) is 0 Å². The van der Waals surface area contributed by atoms with Gasteiger partial charge in [0.05, 0.1) is 60.9 Å². The largest absolute Gasteiger partial charge is 0.481 e. The topological polar surface area (TPSA) is 135 Å². The molecular weight excluding hydrogens is 640 g/mol. The number of carbonyl (C=O) groups excluding carboxylic acids is 4. The second-order valence-corrected chi connectivity index (χ2v) is 10.9. The van der Waals surface area contributed by atoms with E-state index in [0.717, 1.165) is 0 Å².